The van der Waals surface area contributed by atoms with Gasteiger partial charge in [0.15, 0.2) is 17.3 Å². The van der Waals surface area contributed by atoms with Crippen molar-refractivity contribution in [2.24, 2.45) is 5.11 Å². The highest BCUT2D eigenvalue weighted by Gasteiger charge is 2.14. The van der Waals surface area contributed by atoms with Gasteiger partial charge in [0.2, 0.25) is 0 Å². The van der Waals surface area contributed by atoms with E-state index in [9.17, 15) is 9.90 Å². The molecule has 0 unspecified atom stereocenters. The average Bonchev–Trinajstić information content (AvgIpc) is 2.25. The molecule has 6 nitrogen and oxygen atoms in total. The van der Waals surface area contributed by atoms with Crippen molar-refractivity contribution in [1.29, 1.82) is 0 Å². The van der Waals surface area contributed by atoms with E-state index in [4.69, 9.17) is 10.3 Å². The van der Waals surface area contributed by atoms with Gasteiger partial charge in [0.1, 0.15) is 0 Å². The van der Waals surface area contributed by atoms with Crippen LogP contribution in [0.4, 0.5) is 0 Å². The van der Waals surface area contributed by atoms with Gasteiger partial charge in [-0.05, 0) is 17.7 Å². The van der Waals surface area contributed by atoms with E-state index in [1.54, 1.807) is 0 Å². The second kappa shape index (κ2) is 4.88. The van der Waals surface area contributed by atoms with E-state index in [2.05, 4.69) is 10.0 Å². The van der Waals surface area contributed by atoms with Crippen LogP contribution in [-0.2, 0) is 0 Å². The van der Waals surface area contributed by atoms with Crippen LogP contribution in [0.2, 0.25) is 0 Å². The number of methoxy groups -OCH3 is 1. The minimum atomic E-state index is -0.402. The van der Waals surface area contributed by atoms with Crippen LogP contribution in [0.5, 0.6) is 11.5 Å². The molecule has 0 amide bonds. The molecule has 0 aromatic heterocycles. The molecular weight excluding hydrogens is 198 g/mol. The second-order valence-corrected chi connectivity index (χ2v) is 2.67. The lowest BCUT2D eigenvalue weighted by Crippen LogP contribution is -2.05. The summed E-state index contributed by atoms with van der Waals surface area (Å²) in [4.78, 5) is 14.0. The van der Waals surface area contributed by atoms with Gasteiger partial charge in [0.25, 0.3) is 0 Å². The van der Waals surface area contributed by atoms with Gasteiger partial charge in [-0.3, -0.25) is 4.79 Å². The second-order valence-electron chi connectivity index (χ2n) is 2.67. The minimum Gasteiger partial charge on any atom is -0.504 e. The summed E-state index contributed by atoms with van der Waals surface area (Å²) in [7, 11) is 1.35. The number of rotatable bonds is 4. The van der Waals surface area contributed by atoms with Gasteiger partial charge in [-0.25, -0.2) is 0 Å². The minimum absolute atomic E-state index is 0.0932. The smallest absolute Gasteiger partial charge is 0.172 e. The molecule has 0 saturated heterocycles. The van der Waals surface area contributed by atoms with Crippen molar-refractivity contribution in [2.45, 2.75) is 0 Å². The van der Waals surface area contributed by atoms with E-state index >= 15 is 0 Å². The molecule has 0 radical (unpaired) electrons. The molecule has 1 aromatic carbocycles. The maximum Gasteiger partial charge on any atom is 0.172 e. The summed E-state index contributed by atoms with van der Waals surface area (Å²) < 4.78 is 4.87. The number of ketones is 1. The number of ether oxygens (including phenoxy) is 1. The molecule has 1 rings (SSSR count). The molecule has 0 spiro atoms. The molecular formula is C9H9N3O3. The van der Waals surface area contributed by atoms with Crippen molar-refractivity contribution in [3.63, 3.8) is 0 Å². The van der Waals surface area contributed by atoms with E-state index in [0.29, 0.717) is 0 Å². The van der Waals surface area contributed by atoms with Gasteiger partial charge in [-0.2, -0.15) is 0 Å². The Labute approximate surface area is 85.7 Å². The van der Waals surface area contributed by atoms with Crippen LogP contribution >= 0.6 is 0 Å². The summed E-state index contributed by atoms with van der Waals surface area (Å²) in [6, 6.07) is 4.41. The number of carbonyl (C=O) groups excluding carboxylic acids is 1. The Morgan fingerprint density at radius 2 is 2.40 bits per heavy atom. The van der Waals surface area contributed by atoms with Gasteiger partial charge < -0.3 is 9.84 Å². The Hall–Kier alpha value is -2.20. The topological polar surface area (TPSA) is 95.3 Å². The van der Waals surface area contributed by atoms with Gasteiger partial charge in [-0.1, -0.05) is 11.2 Å². The average molecular weight is 207 g/mol. The fourth-order valence-electron chi connectivity index (χ4n) is 1.14. The molecule has 0 aliphatic heterocycles. The highest BCUT2D eigenvalue weighted by atomic mass is 16.5. The van der Waals surface area contributed by atoms with Crippen LogP contribution in [0.25, 0.3) is 10.4 Å². The SMILES string of the molecule is COc1c(O)cccc1C(=O)CN=[N+]=[N-]. The first-order valence-corrected chi connectivity index (χ1v) is 4.10. The van der Waals surface area contributed by atoms with Gasteiger partial charge in [0, 0.05) is 4.91 Å². The highest BCUT2D eigenvalue weighted by molar-refractivity contribution is 6.00. The molecule has 1 N–H and O–H groups in total. The van der Waals surface area contributed by atoms with Crippen LogP contribution < -0.4 is 4.74 Å². The van der Waals surface area contributed by atoms with Crippen molar-refractivity contribution < 1.29 is 14.6 Å². The van der Waals surface area contributed by atoms with E-state index in [0.717, 1.165) is 0 Å². The Balaban J connectivity index is 3.07. The Morgan fingerprint density at radius 1 is 1.67 bits per heavy atom. The maximum absolute atomic E-state index is 11.5. The van der Waals surface area contributed by atoms with Gasteiger partial charge in [-0.15, -0.1) is 0 Å². The summed E-state index contributed by atoms with van der Waals surface area (Å²) in [5.74, 6) is -0.430. The number of nitrogens with zero attached hydrogens (tertiary/aromatic N) is 3. The number of benzene rings is 1. The largest absolute Gasteiger partial charge is 0.504 e. The maximum atomic E-state index is 11.5. The first kappa shape index (κ1) is 10.9. The van der Waals surface area contributed by atoms with E-state index in [1.165, 1.54) is 25.3 Å². The fraction of sp³-hybridized carbons (Fsp3) is 0.222. The number of phenols is 1. The molecule has 0 saturated carbocycles. The lowest BCUT2D eigenvalue weighted by atomic mass is 10.1. The number of hydrogen-bond acceptors (Lipinski definition) is 4. The first-order chi connectivity index (χ1) is 7.20. The summed E-state index contributed by atoms with van der Waals surface area (Å²) in [5, 5.41) is 12.5. The molecule has 0 bridgehead atoms. The summed E-state index contributed by atoms with van der Waals surface area (Å²) in [5.41, 5.74) is 8.27. The summed E-state index contributed by atoms with van der Waals surface area (Å²) in [6.07, 6.45) is 0. The highest BCUT2D eigenvalue weighted by Crippen LogP contribution is 2.29. The Bertz CT molecular complexity index is 425. The monoisotopic (exact) mass is 207 g/mol. The molecule has 78 valence electrons. The zero-order chi connectivity index (χ0) is 11.3. The van der Waals surface area contributed by atoms with E-state index < -0.39 is 5.78 Å². The third-order valence-corrected chi connectivity index (χ3v) is 1.78. The molecule has 15 heavy (non-hydrogen) atoms. The third kappa shape index (κ3) is 2.38. The number of phenolic OH excluding ortho intramolecular Hbond substituents is 1. The molecule has 0 atom stereocenters. The third-order valence-electron chi connectivity index (χ3n) is 1.78. The number of hydrogen-bond donors (Lipinski definition) is 1. The van der Waals surface area contributed by atoms with Crippen LogP contribution in [0, 0.1) is 0 Å². The molecule has 0 aliphatic carbocycles. The van der Waals surface area contributed by atoms with Crippen LogP contribution in [0.3, 0.4) is 0 Å². The molecule has 6 heteroatoms. The molecule has 0 aliphatic rings. The lowest BCUT2D eigenvalue weighted by molar-refractivity contribution is 0.0998. The van der Waals surface area contributed by atoms with Crippen LogP contribution in [0.1, 0.15) is 10.4 Å². The summed E-state index contributed by atoms with van der Waals surface area (Å²) in [6.45, 7) is -0.295. The Morgan fingerprint density at radius 3 is 3.00 bits per heavy atom. The molecule has 1 aromatic rings. The van der Waals surface area contributed by atoms with Crippen molar-refractivity contribution >= 4 is 5.78 Å². The summed E-state index contributed by atoms with van der Waals surface area (Å²) >= 11 is 0. The number of azide groups is 1. The number of Topliss-reactive ketones (excluding diaryl/α,β-unsaturated/α-hetero) is 1. The normalized spacial score (nSPS) is 9.13. The first-order valence-electron chi connectivity index (χ1n) is 4.10. The predicted octanol–water partition coefficient (Wildman–Crippen LogP) is 1.89. The van der Waals surface area contributed by atoms with Crippen LogP contribution in [0.15, 0.2) is 23.3 Å². The van der Waals surface area contributed by atoms with E-state index in [1.807, 2.05) is 0 Å². The number of para-hydroxylation sites is 1. The van der Waals surface area contributed by atoms with Crippen LogP contribution in [-0.4, -0.2) is 24.5 Å². The number of carbonyl (C=O) groups is 1. The van der Waals surface area contributed by atoms with Gasteiger partial charge in [0.05, 0.1) is 19.2 Å². The zero-order valence-electron chi connectivity index (χ0n) is 8.04. The standard InChI is InChI=1S/C9H9N3O3/c1-15-9-6(3-2-4-7(9)13)8(14)5-11-12-10/h2-4,13H,5H2,1H3. The predicted molar refractivity (Wildman–Crippen MR) is 53.0 cm³/mol. The van der Waals surface area contributed by atoms with Crippen molar-refractivity contribution in [1.82, 2.24) is 0 Å². The van der Waals surface area contributed by atoms with Gasteiger partial charge >= 0.3 is 0 Å². The molecule has 0 heterocycles. The number of aromatic hydroxyl groups is 1. The lowest BCUT2D eigenvalue weighted by Gasteiger charge is -2.07. The fourth-order valence-corrected chi connectivity index (χ4v) is 1.14. The van der Waals surface area contributed by atoms with Crippen molar-refractivity contribution in [3.8, 4) is 11.5 Å². The Kier molecular flexibility index (Phi) is 3.54. The molecule has 0 fully saturated rings. The van der Waals surface area contributed by atoms with E-state index in [-0.39, 0.29) is 23.6 Å². The zero-order valence-corrected chi connectivity index (χ0v) is 8.04. The quantitative estimate of drug-likeness (QED) is 0.353. The van der Waals surface area contributed by atoms with Crippen molar-refractivity contribution in [3.05, 3.63) is 34.2 Å². The van der Waals surface area contributed by atoms with Crippen molar-refractivity contribution in [2.75, 3.05) is 13.7 Å².